The molecule has 108 valence electrons. The second-order valence-corrected chi connectivity index (χ2v) is 4.50. The molecule has 0 aromatic carbocycles. The fourth-order valence-corrected chi connectivity index (χ4v) is 1.66. The SMILES string of the molecule is O=C(NNC(=O)C1CCC1)c1ccc(C(F)(F)F)nc1. The van der Waals surface area contributed by atoms with Gasteiger partial charge in [-0.1, -0.05) is 6.42 Å². The van der Waals surface area contributed by atoms with E-state index in [-0.39, 0.29) is 17.4 Å². The van der Waals surface area contributed by atoms with E-state index in [9.17, 15) is 22.8 Å². The second kappa shape index (κ2) is 5.48. The van der Waals surface area contributed by atoms with Crippen molar-refractivity contribution in [2.45, 2.75) is 25.4 Å². The minimum Gasteiger partial charge on any atom is -0.273 e. The zero-order valence-corrected chi connectivity index (χ0v) is 10.3. The molecule has 1 fully saturated rings. The van der Waals surface area contributed by atoms with Crippen LogP contribution in [0.1, 0.15) is 35.3 Å². The van der Waals surface area contributed by atoms with Crippen molar-refractivity contribution < 1.29 is 22.8 Å². The topological polar surface area (TPSA) is 71.1 Å². The van der Waals surface area contributed by atoms with Crippen molar-refractivity contribution in [1.29, 1.82) is 0 Å². The largest absolute Gasteiger partial charge is 0.433 e. The Morgan fingerprint density at radius 3 is 2.35 bits per heavy atom. The van der Waals surface area contributed by atoms with E-state index in [4.69, 9.17) is 0 Å². The summed E-state index contributed by atoms with van der Waals surface area (Å²) in [5.74, 6) is -1.09. The molecule has 0 atom stereocenters. The summed E-state index contributed by atoms with van der Waals surface area (Å²) in [6, 6.07) is 1.71. The van der Waals surface area contributed by atoms with Crippen LogP contribution in [-0.2, 0) is 11.0 Å². The number of aromatic nitrogens is 1. The van der Waals surface area contributed by atoms with Crippen LogP contribution in [-0.4, -0.2) is 16.8 Å². The maximum atomic E-state index is 12.3. The number of rotatable bonds is 2. The van der Waals surface area contributed by atoms with Gasteiger partial charge in [0.25, 0.3) is 5.91 Å². The minimum absolute atomic E-state index is 0.0630. The van der Waals surface area contributed by atoms with Gasteiger partial charge < -0.3 is 0 Å². The molecular weight excluding hydrogens is 275 g/mol. The summed E-state index contributed by atoms with van der Waals surface area (Å²) in [6.07, 6.45) is -1.19. The molecule has 1 saturated carbocycles. The second-order valence-electron chi connectivity index (χ2n) is 4.50. The summed E-state index contributed by atoms with van der Waals surface area (Å²) in [5.41, 5.74) is 3.25. The van der Waals surface area contributed by atoms with Gasteiger partial charge in [0.2, 0.25) is 5.91 Å². The molecule has 1 aliphatic carbocycles. The summed E-state index contributed by atoms with van der Waals surface area (Å²) < 4.78 is 36.9. The van der Waals surface area contributed by atoms with Crippen molar-refractivity contribution in [1.82, 2.24) is 15.8 Å². The molecule has 1 aromatic heterocycles. The fourth-order valence-electron chi connectivity index (χ4n) is 1.66. The smallest absolute Gasteiger partial charge is 0.273 e. The van der Waals surface area contributed by atoms with Gasteiger partial charge in [0.15, 0.2) is 0 Å². The molecule has 1 aliphatic rings. The molecule has 0 aliphatic heterocycles. The summed E-state index contributed by atoms with van der Waals surface area (Å²) in [4.78, 5) is 26.2. The average Bonchev–Trinajstić information content (AvgIpc) is 2.33. The van der Waals surface area contributed by atoms with Crippen LogP contribution in [0, 0.1) is 5.92 Å². The maximum absolute atomic E-state index is 12.3. The number of halogens is 3. The van der Waals surface area contributed by atoms with Crippen LogP contribution >= 0.6 is 0 Å². The molecule has 0 radical (unpaired) electrons. The van der Waals surface area contributed by atoms with E-state index in [0.717, 1.165) is 31.5 Å². The number of carbonyl (C=O) groups is 2. The number of amides is 2. The number of nitrogens with one attached hydrogen (secondary N) is 2. The van der Waals surface area contributed by atoms with Crippen molar-refractivity contribution in [3.63, 3.8) is 0 Å². The molecule has 2 amide bonds. The van der Waals surface area contributed by atoms with Crippen LogP contribution in [0.4, 0.5) is 13.2 Å². The Balaban J connectivity index is 1.90. The van der Waals surface area contributed by atoms with E-state index in [2.05, 4.69) is 15.8 Å². The summed E-state index contributed by atoms with van der Waals surface area (Å²) >= 11 is 0. The zero-order chi connectivity index (χ0) is 14.8. The summed E-state index contributed by atoms with van der Waals surface area (Å²) in [5, 5.41) is 0. The molecule has 20 heavy (non-hydrogen) atoms. The van der Waals surface area contributed by atoms with E-state index in [1.165, 1.54) is 0 Å². The highest BCUT2D eigenvalue weighted by atomic mass is 19.4. The van der Waals surface area contributed by atoms with Gasteiger partial charge in [0.1, 0.15) is 5.69 Å². The van der Waals surface area contributed by atoms with Crippen LogP contribution in [0.5, 0.6) is 0 Å². The van der Waals surface area contributed by atoms with E-state index in [0.29, 0.717) is 6.07 Å². The zero-order valence-electron chi connectivity index (χ0n) is 10.3. The molecule has 0 unspecified atom stereocenters. The van der Waals surface area contributed by atoms with Crippen LogP contribution < -0.4 is 10.9 Å². The van der Waals surface area contributed by atoms with Gasteiger partial charge in [-0.15, -0.1) is 0 Å². The van der Waals surface area contributed by atoms with Gasteiger partial charge in [-0.25, -0.2) is 0 Å². The molecule has 8 heteroatoms. The highest BCUT2D eigenvalue weighted by Crippen LogP contribution is 2.27. The lowest BCUT2D eigenvalue weighted by Crippen LogP contribution is -2.46. The third kappa shape index (κ3) is 3.25. The number of nitrogens with zero attached hydrogens (tertiary/aromatic N) is 1. The van der Waals surface area contributed by atoms with Crippen molar-refractivity contribution in [3.05, 3.63) is 29.6 Å². The normalized spacial score (nSPS) is 15.3. The lowest BCUT2D eigenvalue weighted by molar-refractivity contribution is -0.141. The van der Waals surface area contributed by atoms with Gasteiger partial charge in [-0.05, 0) is 25.0 Å². The third-order valence-electron chi connectivity index (χ3n) is 3.09. The number of carbonyl (C=O) groups excluding carboxylic acids is 2. The standard InChI is InChI=1S/C12H12F3N3O2/c13-12(14,15)9-5-4-8(6-16-9)11(20)18-17-10(19)7-2-1-3-7/h4-7H,1-3H2,(H,17,19)(H,18,20). The van der Waals surface area contributed by atoms with Crippen molar-refractivity contribution >= 4 is 11.8 Å². The van der Waals surface area contributed by atoms with E-state index < -0.39 is 17.8 Å². The lowest BCUT2D eigenvalue weighted by Gasteiger charge is -2.23. The van der Waals surface area contributed by atoms with Crippen LogP contribution in [0.3, 0.4) is 0 Å². The molecule has 0 saturated heterocycles. The predicted octanol–water partition coefficient (Wildman–Crippen LogP) is 1.66. The number of alkyl halides is 3. The maximum Gasteiger partial charge on any atom is 0.433 e. The Labute approximate surface area is 112 Å². The van der Waals surface area contributed by atoms with Crippen LogP contribution in [0.25, 0.3) is 0 Å². The third-order valence-corrected chi connectivity index (χ3v) is 3.09. The van der Waals surface area contributed by atoms with E-state index in [1.54, 1.807) is 0 Å². The first-order valence-electron chi connectivity index (χ1n) is 6.01. The van der Waals surface area contributed by atoms with Crippen molar-refractivity contribution in [2.24, 2.45) is 5.92 Å². The van der Waals surface area contributed by atoms with Gasteiger partial charge in [0.05, 0.1) is 5.56 Å². The van der Waals surface area contributed by atoms with Crippen LogP contribution in [0.2, 0.25) is 0 Å². The van der Waals surface area contributed by atoms with Crippen molar-refractivity contribution in [2.75, 3.05) is 0 Å². The van der Waals surface area contributed by atoms with Gasteiger partial charge in [-0.2, -0.15) is 13.2 Å². The Morgan fingerprint density at radius 1 is 1.20 bits per heavy atom. The first-order chi connectivity index (χ1) is 9.38. The molecule has 1 aromatic rings. The number of hydrogen-bond acceptors (Lipinski definition) is 3. The van der Waals surface area contributed by atoms with Gasteiger partial charge in [0, 0.05) is 12.1 Å². The quantitative estimate of drug-likeness (QED) is 0.813. The first-order valence-corrected chi connectivity index (χ1v) is 6.01. The highest BCUT2D eigenvalue weighted by Gasteiger charge is 2.32. The van der Waals surface area contributed by atoms with E-state index >= 15 is 0 Å². The Bertz CT molecular complexity index is 510. The molecule has 2 N–H and O–H groups in total. The van der Waals surface area contributed by atoms with Crippen molar-refractivity contribution in [3.8, 4) is 0 Å². The molecular formula is C12H12F3N3O2. The molecule has 5 nitrogen and oxygen atoms in total. The van der Waals surface area contributed by atoms with E-state index in [1.807, 2.05) is 0 Å². The van der Waals surface area contributed by atoms with Gasteiger partial charge in [-0.3, -0.25) is 25.4 Å². The summed E-state index contributed by atoms with van der Waals surface area (Å²) in [7, 11) is 0. The molecule has 2 rings (SSSR count). The summed E-state index contributed by atoms with van der Waals surface area (Å²) in [6.45, 7) is 0. The molecule has 0 spiro atoms. The number of hydrogen-bond donors (Lipinski definition) is 2. The Kier molecular flexibility index (Phi) is 3.91. The average molecular weight is 287 g/mol. The first kappa shape index (κ1) is 14.3. The number of hydrazine groups is 1. The Hall–Kier alpha value is -2.12. The van der Waals surface area contributed by atoms with Crippen LogP contribution in [0.15, 0.2) is 18.3 Å². The molecule has 0 bridgehead atoms. The monoisotopic (exact) mass is 287 g/mol. The fraction of sp³-hybridized carbons (Fsp3) is 0.417. The minimum atomic E-state index is -4.55. The Morgan fingerprint density at radius 2 is 1.90 bits per heavy atom. The lowest BCUT2D eigenvalue weighted by atomic mass is 9.85. The van der Waals surface area contributed by atoms with Gasteiger partial charge >= 0.3 is 6.18 Å². The highest BCUT2D eigenvalue weighted by molar-refractivity contribution is 5.95. The molecule has 1 heterocycles. The predicted molar refractivity (Wildman–Crippen MR) is 62.2 cm³/mol. The number of pyridine rings is 1.